The molecule has 144 valence electrons. The minimum absolute atomic E-state index is 0.320. The van der Waals surface area contributed by atoms with E-state index in [2.05, 4.69) is 42.2 Å². The first-order valence-corrected chi connectivity index (χ1v) is 8.62. The Morgan fingerprint density at radius 3 is 2.11 bits per heavy atom. The van der Waals surface area contributed by atoms with Gasteiger partial charge >= 0.3 is 11.9 Å². The molecule has 0 aliphatic carbocycles. The minimum Gasteiger partial charge on any atom is -0.478 e. The molecule has 0 aliphatic rings. The monoisotopic (exact) mass is 390 g/mol. The maximum absolute atomic E-state index is 9.55. The predicted octanol–water partition coefficient (Wildman–Crippen LogP) is 3.53. The van der Waals surface area contributed by atoms with Gasteiger partial charge in [-0.1, -0.05) is 29.8 Å². The van der Waals surface area contributed by atoms with Crippen molar-refractivity contribution in [3.8, 4) is 0 Å². The number of nitrogens with zero attached hydrogens (tertiary/aromatic N) is 2. The van der Waals surface area contributed by atoms with E-state index in [0.717, 1.165) is 23.7 Å². The smallest absolute Gasteiger partial charge is 0.328 e. The molecule has 1 aromatic carbocycles. The van der Waals surface area contributed by atoms with Gasteiger partial charge in [0.1, 0.15) is 0 Å². The Labute approximate surface area is 163 Å². The summed E-state index contributed by atoms with van der Waals surface area (Å²) in [6.45, 7) is 1.03. The topological polar surface area (TPSA) is 90.7 Å². The van der Waals surface area contributed by atoms with Crippen molar-refractivity contribution in [2.75, 3.05) is 20.6 Å². The second-order valence-electron chi connectivity index (χ2n) is 5.96. The summed E-state index contributed by atoms with van der Waals surface area (Å²) in [4.78, 5) is 25.8. The third-order valence-corrected chi connectivity index (χ3v) is 3.80. The Balaban J connectivity index is 0.000000387. The van der Waals surface area contributed by atoms with Crippen molar-refractivity contribution in [3.63, 3.8) is 0 Å². The molecular formula is C20H23ClN2O4. The first kappa shape index (κ1) is 22.3. The molecule has 6 nitrogen and oxygen atoms in total. The molecule has 0 aliphatic heterocycles. The standard InChI is InChI=1S/C16H19ClN2.C4H4O4/c1-19(2)12-10-15(16-5-3-4-11-18-16)13-6-8-14(17)9-7-13;5-3(6)1-2-4(7)8/h3-9,11,15H,10,12H2,1-2H3;1-2H,(H,5,6)(H,7,8)/b;2-1+/t15-;/m1./s1. The summed E-state index contributed by atoms with van der Waals surface area (Å²) >= 11 is 5.97. The lowest BCUT2D eigenvalue weighted by molar-refractivity contribution is -0.134. The average Bonchev–Trinajstić information content (AvgIpc) is 2.63. The van der Waals surface area contributed by atoms with Crippen molar-refractivity contribution < 1.29 is 19.8 Å². The molecule has 2 rings (SSSR count). The summed E-state index contributed by atoms with van der Waals surface area (Å²) in [7, 11) is 4.19. The van der Waals surface area contributed by atoms with E-state index >= 15 is 0 Å². The van der Waals surface area contributed by atoms with Gasteiger partial charge in [-0.25, -0.2) is 9.59 Å². The summed E-state index contributed by atoms with van der Waals surface area (Å²) in [5.74, 6) is -2.19. The van der Waals surface area contributed by atoms with Crippen molar-refractivity contribution in [3.05, 3.63) is 77.1 Å². The molecule has 1 atom stereocenters. The molecule has 0 bridgehead atoms. The highest BCUT2D eigenvalue weighted by Gasteiger charge is 2.15. The van der Waals surface area contributed by atoms with E-state index < -0.39 is 11.9 Å². The van der Waals surface area contributed by atoms with Gasteiger partial charge in [0.15, 0.2) is 0 Å². The Hall–Kier alpha value is -2.70. The fraction of sp³-hybridized carbons (Fsp3) is 0.250. The number of hydrogen-bond donors (Lipinski definition) is 2. The van der Waals surface area contributed by atoms with Crippen molar-refractivity contribution in [1.29, 1.82) is 0 Å². The highest BCUT2D eigenvalue weighted by Crippen LogP contribution is 2.27. The third-order valence-electron chi connectivity index (χ3n) is 3.55. The number of benzene rings is 1. The van der Waals surface area contributed by atoms with Gasteiger partial charge < -0.3 is 15.1 Å². The van der Waals surface area contributed by atoms with Gasteiger partial charge in [0, 0.05) is 35.0 Å². The fourth-order valence-electron chi connectivity index (χ4n) is 2.29. The molecular weight excluding hydrogens is 368 g/mol. The Morgan fingerprint density at radius 1 is 1.07 bits per heavy atom. The molecule has 0 spiro atoms. The van der Waals surface area contributed by atoms with Gasteiger partial charge in [-0.3, -0.25) is 4.98 Å². The Bertz CT molecular complexity index is 730. The molecule has 1 heterocycles. The average molecular weight is 391 g/mol. The van der Waals surface area contributed by atoms with Crippen LogP contribution in [0.1, 0.15) is 23.6 Å². The molecule has 2 aromatic rings. The number of aromatic nitrogens is 1. The van der Waals surface area contributed by atoms with Crippen molar-refractivity contribution in [2.45, 2.75) is 12.3 Å². The second-order valence-corrected chi connectivity index (χ2v) is 6.40. The summed E-state index contributed by atoms with van der Waals surface area (Å²) in [6, 6.07) is 14.2. The normalized spacial score (nSPS) is 11.7. The highest BCUT2D eigenvalue weighted by molar-refractivity contribution is 6.30. The molecule has 7 heteroatoms. The van der Waals surface area contributed by atoms with E-state index in [1.54, 1.807) is 0 Å². The number of hydrogen-bond acceptors (Lipinski definition) is 4. The lowest BCUT2D eigenvalue weighted by atomic mass is 9.92. The van der Waals surface area contributed by atoms with Crippen LogP contribution in [-0.2, 0) is 9.59 Å². The largest absolute Gasteiger partial charge is 0.478 e. The number of carbonyl (C=O) groups is 2. The number of carboxylic acids is 2. The van der Waals surface area contributed by atoms with Gasteiger partial charge in [0.25, 0.3) is 0 Å². The third kappa shape index (κ3) is 9.53. The van der Waals surface area contributed by atoms with Crippen LogP contribution in [0.2, 0.25) is 5.02 Å². The summed E-state index contributed by atoms with van der Waals surface area (Å²) < 4.78 is 0. The van der Waals surface area contributed by atoms with Crippen LogP contribution < -0.4 is 0 Å². The number of halogens is 1. The lowest BCUT2D eigenvalue weighted by Crippen LogP contribution is -2.17. The summed E-state index contributed by atoms with van der Waals surface area (Å²) in [6.07, 6.45) is 4.02. The zero-order valence-corrected chi connectivity index (χ0v) is 16.0. The van der Waals surface area contributed by atoms with Gasteiger partial charge in [0.2, 0.25) is 0 Å². The fourth-order valence-corrected chi connectivity index (χ4v) is 2.42. The van der Waals surface area contributed by atoms with Crippen molar-refractivity contribution in [1.82, 2.24) is 9.88 Å². The van der Waals surface area contributed by atoms with Crippen molar-refractivity contribution >= 4 is 23.5 Å². The number of pyridine rings is 1. The molecule has 0 radical (unpaired) electrons. The highest BCUT2D eigenvalue weighted by atomic mass is 35.5. The van der Waals surface area contributed by atoms with E-state index in [0.29, 0.717) is 18.1 Å². The molecule has 0 amide bonds. The molecule has 0 saturated carbocycles. The van der Waals surface area contributed by atoms with Gasteiger partial charge in [-0.15, -0.1) is 0 Å². The van der Waals surface area contributed by atoms with Gasteiger partial charge in [0.05, 0.1) is 0 Å². The lowest BCUT2D eigenvalue weighted by Gasteiger charge is -2.19. The molecule has 27 heavy (non-hydrogen) atoms. The SMILES string of the molecule is CN(C)CC[C@H](c1ccc(Cl)cc1)c1ccccn1.O=C(O)/C=C/C(=O)O. The quantitative estimate of drug-likeness (QED) is 0.703. The Kier molecular flexibility index (Phi) is 9.79. The first-order valence-electron chi connectivity index (χ1n) is 8.24. The maximum Gasteiger partial charge on any atom is 0.328 e. The molecule has 0 saturated heterocycles. The van der Waals surface area contributed by atoms with E-state index in [9.17, 15) is 9.59 Å². The summed E-state index contributed by atoms with van der Waals surface area (Å²) in [5.41, 5.74) is 2.39. The summed E-state index contributed by atoms with van der Waals surface area (Å²) in [5, 5.41) is 16.4. The number of rotatable bonds is 7. The van der Waals surface area contributed by atoms with E-state index in [4.69, 9.17) is 21.8 Å². The van der Waals surface area contributed by atoms with E-state index in [1.165, 1.54) is 5.56 Å². The van der Waals surface area contributed by atoms with Crippen LogP contribution in [0, 0.1) is 0 Å². The van der Waals surface area contributed by atoms with Gasteiger partial charge in [-0.05, 0) is 56.9 Å². The molecule has 1 aromatic heterocycles. The van der Waals surface area contributed by atoms with Gasteiger partial charge in [-0.2, -0.15) is 0 Å². The van der Waals surface area contributed by atoms with Crippen LogP contribution in [0.25, 0.3) is 0 Å². The maximum atomic E-state index is 9.55. The predicted molar refractivity (Wildman–Crippen MR) is 105 cm³/mol. The van der Waals surface area contributed by atoms with Crippen LogP contribution in [0.4, 0.5) is 0 Å². The van der Waals surface area contributed by atoms with Crippen molar-refractivity contribution in [2.24, 2.45) is 0 Å². The second kappa shape index (κ2) is 11.8. The van der Waals surface area contributed by atoms with Crippen LogP contribution in [0.15, 0.2) is 60.8 Å². The van der Waals surface area contributed by atoms with Crippen LogP contribution >= 0.6 is 11.6 Å². The zero-order valence-electron chi connectivity index (χ0n) is 15.2. The first-order chi connectivity index (χ1) is 12.8. The van der Waals surface area contributed by atoms with Crippen LogP contribution in [0.3, 0.4) is 0 Å². The zero-order chi connectivity index (χ0) is 20.2. The van der Waals surface area contributed by atoms with Crippen LogP contribution in [0.5, 0.6) is 0 Å². The number of carboxylic acid groups (broad SMARTS) is 2. The van der Waals surface area contributed by atoms with E-state index in [-0.39, 0.29) is 0 Å². The minimum atomic E-state index is -1.26. The van der Waals surface area contributed by atoms with E-state index in [1.807, 2.05) is 30.5 Å². The number of aliphatic carboxylic acids is 2. The molecule has 0 fully saturated rings. The Morgan fingerprint density at radius 2 is 1.67 bits per heavy atom. The molecule has 2 N–H and O–H groups in total. The van der Waals surface area contributed by atoms with Crippen LogP contribution in [-0.4, -0.2) is 52.7 Å². The molecule has 0 unspecified atom stereocenters.